The van der Waals surface area contributed by atoms with Crippen LogP contribution in [0, 0.1) is 0 Å². The highest BCUT2D eigenvalue weighted by molar-refractivity contribution is 9.10. The van der Waals surface area contributed by atoms with Gasteiger partial charge >= 0.3 is 0 Å². The molecule has 1 aliphatic heterocycles. The molecule has 0 radical (unpaired) electrons. The predicted octanol–water partition coefficient (Wildman–Crippen LogP) is 2.79. The highest BCUT2D eigenvalue weighted by atomic mass is 79.9. The minimum atomic E-state index is 0.400. The summed E-state index contributed by atoms with van der Waals surface area (Å²) in [6, 6.07) is 6.17. The Labute approximate surface area is 135 Å². The molecule has 4 nitrogen and oxygen atoms in total. The molecule has 5 heteroatoms. The van der Waals surface area contributed by atoms with Gasteiger partial charge < -0.3 is 15.2 Å². The van der Waals surface area contributed by atoms with Crippen LogP contribution in [0.4, 0.5) is 0 Å². The fourth-order valence-electron chi connectivity index (χ4n) is 2.68. The number of hydrogen-bond acceptors (Lipinski definition) is 4. The molecule has 1 fully saturated rings. The molecular formula is C16H25BrN2O2. The third kappa shape index (κ3) is 5.25. The van der Waals surface area contributed by atoms with Gasteiger partial charge in [0.2, 0.25) is 0 Å². The van der Waals surface area contributed by atoms with E-state index in [1.807, 2.05) is 12.1 Å². The van der Waals surface area contributed by atoms with Gasteiger partial charge in [-0.05, 0) is 44.0 Å². The van der Waals surface area contributed by atoms with E-state index < -0.39 is 0 Å². The lowest BCUT2D eigenvalue weighted by Gasteiger charge is -2.32. The molecule has 1 aliphatic rings. The van der Waals surface area contributed by atoms with Crippen LogP contribution in [0.3, 0.4) is 0 Å². The maximum absolute atomic E-state index is 5.85. The summed E-state index contributed by atoms with van der Waals surface area (Å²) in [5.41, 5.74) is 6.72. The molecule has 2 rings (SSSR count). The third-order valence-electron chi connectivity index (χ3n) is 3.87. The fraction of sp³-hybridized carbons (Fsp3) is 0.625. The lowest BCUT2D eigenvalue weighted by molar-refractivity contribution is 0.00552. The number of methoxy groups -OCH3 is 1. The van der Waals surface area contributed by atoms with Crippen LogP contribution in [0.15, 0.2) is 22.7 Å². The van der Waals surface area contributed by atoms with Crippen LogP contribution in [0.1, 0.15) is 24.8 Å². The first-order valence-corrected chi connectivity index (χ1v) is 8.38. The Hall–Kier alpha value is -0.620. The van der Waals surface area contributed by atoms with Crippen molar-refractivity contribution in [2.45, 2.75) is 31.9 Å². The molecule has 0 aromatic heterocycles. The van der Waals surface area contributed by atoms with E-state index in [2.05, 4.69) is 26.9 Å². The van der Waals surface area contributed by atoms with Gasteiger partial charge in [-0.25, -0.2) is 0 Å². The number of piperidine rings is 1. The van der Waals surface area contributed by atoms with Gasteiger partial charge in [0.1, 0.15) is 5.75 Å². The molecule has 1 aromatic carbocycles. The van der Waals surface area contributed by atoms with Gasteiger partial charge in [0.05, 0.1) is 13.2 Å². The molecular weight excluding hydrogens is 332 g/mol. The lowest BCUT2D eigenvalue weighted by atomic mass is 10.1. The zero-order chi connectivity index (χ0) is 15.1. The Morgan fingerprint density at radius 3 is 2.76 bits per heavy atom. The summed E-state index contributed by atoms with van der Waals surface area (Å²) >= 11 is 3.53. The molecule has 1 aromatic rings. The van der Waals surface area contributed by atoms with Gasteiger partial charge in [0.15, 0.2) is 0 Å². The second-order valence-electron chi connectivity index (χ2n) is 5.44. The van der Waals surface area contributed by atoms with Gasteiger partial charge in [0.25, 0.3) is 0 Å². The first kappa shape index (κ1) is 16.7. The minimum absolute atomic E-state index is 0.400. The third-order valence-corrected chi connectivity index (χ3v) is 4.37. The normalized spacial score (nSPS) is 17.1. The van der Waals surface area contributed by atoms with Crippen LogP contribution in [0.25, 0.3) is 0 Å². The van der Waals surface area contributed by atoms with E-state index in [1.54, 1.807) is 7.11 Å². The van der Waals surface area contributed by atoms with Crippen molar-refractivity contribution in [3.63, 3.8) is 0 Å². The fourth-order valence-corrected chi connectivity index (χ4v) is 3.09. The van der Waals surface area contributed by atoms with Crippen molar-refractivity contribution in [3.05, 3.63) is 28.2 Å². The van der Waals surface area contributed by atoms with Gasteiger partial charge in [0, 0.05) is 36.3 Å². The average Bonchev–Trinajstić information content (AvgIpc) is 2.50. The van der Waals surface area contributed by atoms with E-state index in [0.717, 1.165) is 55.7 Å². The van der Waals surface area contributed by atoms with E-state index in [9.17, 15) is 0 Å². The molecule has 1 saturated heterocycles. The molecule has 0 unspecified atom stereocenters. The van der Waals surface area contributed by atoms with E-state index in [-0.39, 0.29) is 0 Å². The van der Waals surface area contributed by atoms with Crippen molar-refractivity contribution in [1.82, 2.24) is 4.90 Å². The molecule has 0 saturated carbocycles. The van der Waals surface area contributed by atoms with Crippen molar-refractivity contribution in [2.24, 2.45) is 5.73 Å². The Balaban J connectivity index is 1.82. The van der Waals surface area contributed by atoms with Gasteiger partial charge in [-0.15, -0.1) is 0 Å². The van der Waals surface area contributed by atoms with Crippen molar-refractivity contribution in [2.75, 3.05) is 33.4 Å². The number of nitrogens with zero attached hydrogens (tertiary/aromatic N) is 1. The maximum atomic E-state index is 5.85. The Morgan fingerprint density at radius 2 is 2.10 bits per heavy atom. The van der Waals surface area contributed by atoms with Crippen LogP contribution >= 0.6 is 15.9 Å². The highest BCUT2D eigenvalue weighted by Crippen LogP contribution is 2.25. The van der Waals surface area contributed by atoms with E-state index in [4.69, 9.17) is 15.2 Å². The highest BCUT2D eigenvalue weighted by Gasteiger charge is 2.20. The summed E-state index contributed by atoms with van der Waals surface area (Å²) in [4.78, 5) is 2.47. The first-order chi connectivity index (χ1) is 10.2. The summed E-state index contributed by atoms with van der Waals surface area (Å²) in [7, 11) is 1.73. The molecule has 1 heterocycles. The lowest BCUT2D eigenvalue weighted by Crippen LogP contribution is -2.36. The summed E-state index contributed by atoms with van der Waals surface area (Å²) in [6.45, 7) is 4.58. The SMILES string of the molecule is COc1ccc(Br)cc1CN1CCC(OCCCN)CC1. The number of nitrogens with two attached hydrogens (primary N) is 1. The minimum Gasteiger partial charge on any atom is -0.496 e. The molecule has 21 heavy (non-hydrogen) atoms. The van der Waals surface area contributed by atoms with Gasteiger partial charge in [-0.3, -0.25) is 4.90 Å². The number of halogens is 1. The Morgan fingerprint density at radius 1 is 1.33 bits per heavy atom. The maximum Gasteiger partial charge on any atom is 0.123 e. The quantitative estimate of drug-likeness (QED) is 0.763. The number of likely N-dealkylation sites (tertiary alicyclic amines) is 1. The summed E-state index contributed by atoms with van der Waals surface area (Å²) in [6.07, 6.45) is 3.55. The largest absolute Gasteiger partial charge is 0.496 e. The van der Waals surface area contributed by atoms with Crippen molar-refractivity contribution in [1.29, 1.82) is 0 Å². The van der Waals surface area contributed by atoms with Crippen molar-refractivity contribution < 1.29 is 9.47 Å². The number of ether oxygens (including phenoxy) is 2. The molecule has 0 bridgehead atoms. The zero-order valence-corrected chi connectivity index (χ0v) is 14.3. The van der Waals surface area contributed by atoms with Crippen LogP contribution in [0.5, 0.6) is 5.75 Å². The standard InChI is InChI=1S/C16H25BrN2O2/c1-20-16-4-3-14(17)11-13(16)12-19-8-5-15(6-9-19)21-10-2-7-18/h3-4,11,15H,2,5-10,12,18H2,1H3. The molecule has 118 valence electrons. The van der Waals surface area contributed by atoms with E-state index in [1.165, 1.54) is 5.56 Å². The zero-order valence-electron chi connectivity index (χ0n) is 12.7. The van der Waals surface area contributed by atoms with E-state index >= 15 is 0 Å². The second kappa shape index (κ2) is 8.73. The average molecular weight is 357 g/mol. The smallest absolute Gasteiger partial charge is 0.123 e. The predicted molar refractivity (Wildman–Crippen MR) is 88.6 cm³/mol. The van der Waals surface area contributed by atoms with E-state index in [0.29, 0.717) is 12.6 Å². The van der Waals surface area contributed by atoms with Gasteiger partial charge in [-0.2, -0.15) is 0 Å². The molecule has 0 aliphatic carbocycles. The van der Waals surface area contributed by atoms with Crippen LogP contribution < -0.4 is 10.5 Å². The Bertz CT molecular complexity index is 434. The molecule has 0 amide bonds. The molecule has 0 spiro atoms. The number of rotatable bonds is 7. The summed E-state index contributed by atoms with van der Waals surface area (Å²) in [5, 5.41) is 0. The van der Waals surface area contributed by atoms with Crippen LogP contribution in [-0.2, 0) is 11.3 Å². The monoisotopic (exact) mass is 356 g/mol. The van der Waals surface area contributed by atoms with Crippen LogP contribution in [-0.4, -0.2) is 44.4 Å². The summed E-state index contributed by atoms with van der Waals surface area (Å²) in [5.74, 6) is 0.958. The van der Waals surface area contributed by atoms with Gasteiger partial charge in [-0.1, -0.05) is 15.9 Å². The Kier molecular flexibility index (Phi) is 6.96. The number of benzene rings is 1. The van der Waals surface area contributed by atoms with Crippen molar-refractivity contribution in [3.8, 4) is 5.75 Å². The topological polar surface area (TPSA) is 47.7 Å². The molecule has 2 N–H and O–H groups in total. The first-order valence-electron chi connectivity index (χ1n) is 7.59. The second-order valence-corrected chi connectivity index (χ2v) is 6.36. The number of hydrogen-bond donors (Lipinski definition) is 1. The van der Waals surface area contributed by atoms with Crippen LogP contribution in [0.2, 0.25) is 0 Å². The summed E-state index contributed by atoms with van der Waals surface area (Å²) < 4.78 is 12.4. The van der Waals surface area contributed by atoms with Crippen molar-refractivity contribution >= 4 is 15.9 Å². The molecule has 0 atom stereocenters.